The summed E-state index contributed by atoms with van der Waals surface area (Å²) in [6.07, 6.45) is 3.80. The third kappa shape index (κ3) is 3.76. The van der Waals surface area contributed by atoms with Crippen molar-refractivity contribution in [2.75, 3.05) is 6.54 Å². The van der Waals surface area contributed by atoms with Gasteiger partial charge in [0.2, 0.25) is 0 Å². The highest BCUT2D eigenvalue weighted by Crippen LogP contribution is 2.33. The topological polar surface area (TPSA) is 42.7 Å². The first kappa shape index (κ1) is 16.3. The van der Waals surface area contributed by atoms with E-state index in [1.54, 1.807) is 6.20 Å². The molecule has 6 heteroatoms. The molecule has 0 amide bonds. The maximum absolute atomic E-state index is 6.37. The Bertz CT molecular complexity index is 563. The van der Waals surface area contributed by atoms with E-state index in [-0.39, 0.29) is 6.04 Å². The number of aromatic nitrogens is 3. The fraction of sp³-hybridized carbons (Fsp3) is 0.467. The van der Waals surface area contributed by atoms with Crippen molar-refractivity contribution in [1.29, 1.82) is 0 Å². The minimum Gasteiger partial charge on any atom is -0.305 e. The smallest absolute Gasteiger partial charge is 0.0803 e. The highest BCUT2D eigenvalue weighted by atomic mass is 35.5. The summed E-state index contributed by atoms with van der Waals surface area (Å²) in [5, 5.41) is 13.0. The molecule has 2 aromatic rings. The number of rotatable bonds is 7. The van der Waals surface area contributed by atoms with E-state index >= 15 is 0 Å². The molecule has 1 heterocycles. The molecule has 1 N–H and O–H groups in total. The van der Waals surface area contributed by atoms with Gasteiger partial charge in [-0.1, -0.05) is 48.3 Å². The third-order valence-corrected chi connectivity index (χ3v) is 3.92. The molecule has 2 rings (SSSR count). The van der Waals surface area contributed by atoms with E-state index < -0.39 is 0 Å². The number of hydrogen-bond acceptors (Lipinski definition) is 3. The van der Waals surface area contributed by atoms with Crippen LogP contribution in [-0.2, 0) is 6.54 Å². The van der Waals surface area contributed by atoms with Crippen LogP contribution in [0, 0.1) is 0 Å². The Kier molecular flexibility index (Phi) is 6.03. The van der Waals surface area contributed by atoms with Crippen LogP contribution in [-0.4, -0.2) is 21.5 Å². The van der Waals surface area contributed by atoms with Gasteiger partial charge < -0.3 is 5.32 Å². The van der Waals surface area contributed by atoms with Gasteiger partial charge in [0.05, 0.1) is 17.9 Å². The van der Waals surface area contributed by atoms with Gasteiger partial charge in [-0.25, -0.2) is 4.68 Å². The van der Waals surface area contributed by atoms with Crippen LogP contribution in [0.1, 0.15) is 44.0 Å². The van der Waals surface area contributed by atoms with Crippen LogP contribution >= 0.6 is 23.2 Å². The van der Waals surface area contributed by atoms with E-state index in [9.17, 15) is 0 Å². The molecule has 0 aliphatic carbocycles. The summed E-state index contributed by atoms with van der Waals surface area (Å²) in [6.45, 7) is 5.92. The van der Waals surface area contributed by atoms with E-state index in [1.165, 1.54) is 0 Å². The van der Waals surface area contributed by atoms with E-state index in [4.69, 9.17) is 23.2 Å². The van der Waals surface area contributed by atoms with Crippen molar-refractivity contribution in [3.63, 3.8) is 0 Å². The van der Waals surface area contributed by atoms with Crippen LogP contribution in [0.25, 0.3) is 0 Å². The van der Waals surface area contributed by atoms with Gasteiger partial charge in [0.15, 0.2) is 0 Å². The van der Waals surface area contributed by atoms with Crippen molar-refractivity contribution in [3.8, 4) is 0 Å². The second kappa shape index (κ2) is 7.78. The predicted molar refractivity (Wildman–Crippen MR) is 86.9 cm³/mol. The first-order valence-corrected chi connectivity index (χ1v) is 8.00. The monoisotopic (exact) mass is 326 g/mol. The van der Waals surface area contributed by atoms with Gasteiger partial charge in [0, 0.05) is 22.2 Å². The lowest BCUT2D eigenvalue weighted by Crippen LogP contribution is -2.26. The SMILES string of the molecule is CCCNC(c1c(Cl)cccc1Cl)c1cnnn1CCC. The second-order valence-corrected chi connectivity index (χ2v) is 5.72. The molecule has 4 nitrogen and oxygen atoms in total. The van der Waals surface area contributed by atoms with Gasteiger partial charge in [0.25, 0.3) is 0 Å². The molecule has 21 heavy (non-hydrogen) atoms. The lowest BCUT2D eigenvalue weighted by molar-refractivity contribution is 0.504. The van der Waals surface area contributed by atoms with Gasteiger partial charge in [0.1, 0.15) is 0 Å². The second-order valence-electron chi connectivity index (χ2n) is 4.90. The van der Waals surface area contributed by atoms with Crippen molar-refractivity contribution in [3.05, 3.63) is 45.7 Å². The van der Waals surface area contributed by atoms with Crippen molar-refractivity contribution >= 4 is 23.2 Å². The van der Waals surface area contributed by atoms with E-state index in [0.717, 1.165) is 37.2 Å². The molecule has 0 aliphatic rings. The number of nitrogens with zero attached hydrogens (tertiary/aromatic N) is 3. The van der Waals surface area contributed by atoms with Gasteiger partial charge >= 0.3 is 0 Å². The Morgan fingerprint density at radius 1 is 1.19 bits per heavy atom. The molecule has 1 aromatic heterocycles. The fourth-order valence-corrected chi connectivity index (χ4v) is 2.92. The number of halogens is 2. The van der Waals surface area contributed by atoms with Crippen LogP contribution in [0.2, 0.25) is 10.0 Å². The fourth-order valence-electron chi connectivity index (χ4n) is 2.30. The first-order valence-electron chi connectivity index (χ1n) is 7.24. The summed E-state index contributed by atoms with van der Waals surface area (Å²) in [4.78, 5) is 0. The van der Waals surface area contributed by atoms with Gasteiger partial charge in [-0.15, -0.1) is 5.10 Å². The molecule has 0 spiro atoms. The number of nitrogens with one attached hydrogen (secondary N) is 1. The number of benzene rings is 1. The van der Waals surface area contributed by atoms with Crippen molar-refractivity contribution < 1.29 is 0 Å². The summed E-state index contributed by atoms with van der Waals surface area (Å²) in [6, 6.07) is 5.47. The highest BCUT2D eigenvalue weighted by Gasteiger charge is 2.23. The van der Waals surface area contributed by atoms with Crippen molar-refractivity contribution in [1.82, 2.24) is 20.3 Å². The first-order chi connectivity index (χ1) is 10.2. The predicted octanol–water partition coefficient (Wildman–Crippen LogP) is 4.08. The normalized spacial score (nSPS) is 12.6. The zero-order chi connectivity index (χ0) is 15.2. The third-order valence-electron chi connectivity index (χ3n) is 3.27. The van der Waals surface area contributed by atoms with Crippen LogP contribution in [0.5, 0.6) is 0 Å². The zero-order valence-corrected chi connectivity index (χ0v) is 13.8. The number of aryl methyl sites for hydroxylation is 1. The molecular formula is C15H20Cl2N4. The maximum Gasteiger partial charge on any atom is 0.0803 e. The molecule has 0 fully saturated rings. The van der Waals surface area contributed by atoms with Gasteiger partial charge in [-0.2, -0.15) is 0 Å². The Balaban J connectivity index is 2.45. The molecule has 1 atom stereocenters. The molecule has 114 valence electrons. The van der Waals surface area contributed by atoms with Gasteiger partial charge in [-0.05, 0) is 31.5 Å². The molecule has 1 aromatic carbocycles. The highest BCUT2D eigenvalue weighted by molar-refractivity contribution is 6.36. The molecule has 1 unspecified atom stereocenters. The van der Waals surface area contributed by atoms with E-state index in [1.807, 2.05) is 22.9 Å². The lowest BCUT2D eigenvalue weighted by Gasteiger charge is -2.22. The van der Waals surface area contributed by atoms with Crippen LogP contribution in [0.4, 0.5) is 0 Å². The Morgan fingerprint density at radius 2 is 1.90 bits per heavy atom. The average molecular weight is 327 g/mol. The zero-order valence-electron chi connectivity index (χ0n) is 12.3. The molecule has 0 bridgehead atoms. The van der Waals surface area contributed by atoms with Crippen molar-refractivity contribution in [2.45, 2.75) is 39.3 Å². The summed E-state index contributed by atoms with van der Waals surface area (Å²) >= 11 is 12.7. The summed E-state index contributed by atoms with van der Waals surface area (Å²) < 4.78 is 1.91. The Labute approximate surface area is 135 Å². The van der Waals surface area contributed by atoms with Gasteiger partial charge in [-0.3, -0.25) is 0 Å². The number of hydrogen-bond donors (Lipinski definition) is 1. The molecule has 0 aliphatic heterocycles. The Hall–Kier alpha value is -1.10. The molecular weight excluding hydrogens is 307 g/mol. The maximum atomic E-state index is 6.37. The van der Waals surface area contributed by atoms with E-state index in [0.29, 0.717) is 10.0 Å². The quantitative estimate of drug-likeness (QED) is 0.833. The molecule has 0 saturated heterocycles. The molecule has 0 radical (unpaired) electrons. The molecule has 0 saturated carbocycles. The summed E-state index contributed by atoms with van der Waals surface area (Å²) in [5.74, 6) is 0. The Morgan fingerprint density at radius 3 is 2.52 bits per heavy atom. The minimum absolute atomic E-state index is 0.104. The standard InChI is InChI=1S/C15H20Cl2N4/c1-3-8-18-15(13-10-19-20-21(13)9-4-2)14-11(16)6-5-7-12(14)17/h5-7,10,15,18H,3-4,8-9H2,1-2H3. The van der Waals surface area contributed by atoms with Crippen molar-refractivity contribution in [2.24, 2.45) is 0 Å². The largest absolute Gasteiger partial charge is 0.305 e. The summed E-state index contributed by atoms with van der Waals surface area (Å²) in [7, 11) is 0. The lowest BCUT2D eigenvalue weighted by atomic mass is 10.0. The van der Waals surface area contributed by atoms with Crippen LogP contribution < -0.4 is 5.32 Å². The van der Waals surface area contributed by atoms with E-state index in [2.05, 4.69) is 29.5 Å². The van der Waals surface area contributed by atoms with Crippen LogP contribution in [0.15, 0.2) is 24.4 Å². The summed E-state index contributed by atoms with van der Waals surface area (Å²) in [5.41, 5.74) is 1.87. The average Bonchev–Trinajstić information content (AvgIpc) is 2.90. The minimum atomic E-state index is -0.104. The van der Waals surface area contributed by atoms with Crippen LogP contribution in [0.3, 0.4) is 0 Å².